The summed E-state index contributed by atoms with van der Waals surface area (Å²) >= 11 is 5.47. The number of halogens is 3. The molecule has 1 N–H and O–H groups in total. The Morgan fingerprint density at radius 3 is 2.29 bits per heavy atom. The first-order chi connectivity index (χ1) is 6.65. The Hall–Kier alpha value is -1.49. The van der Waals surface area contributed by atoms with E-state index in [0.717, 1.165) is 18.2 Å². The first kappa shape index (κ1) is 9.08. The quantitative estimate of drug-likeness (QED) is 0.794. The number of nitrogens with one attached hydrogen (secondary N) is 1. The zero-order valence-corrected chi connectivity index (χ0v) is 7.52. The third-order valence-electron chi connectivity index (χ3n) is 1.58. The monoisotopic (exact) mass is 215 g/mol. The Balaban J connectivity index is 2.51. The molecule has 72 valence electrons. The fourth-order valence-corrected chi connectivity index (χ4v) is 1.18. The van der Waals surface area contributed by atoms with Crippen molar-refractivity contribution in [1.82, 2.24) is 15.2 Å². The molecule has 0 atom stereocenters. The average molecular weight is 216 g/mol. The molecule has 1 aromatic carbocycles. The van der Waals surface area contributed by atoms with E-state index in [4.69, 9.17) is 11.6 Å². The molecule has 0 unspecified atom stereocenters. The van der Waals surface area contributed by atoms with E-state index in [1.54, 1.807) is 0 Å². The maximum atomic E-state index is 12.8. The minimum atomic E-state index is -0.680. The first-order valence-corrected chi connectivity index (χ1v) is 4.07. The highest BCUT2D eigenvalue weighted by atomic mass is 35.5. The van der Waals surface area contributed by atoms with Gasteiger partial charge in [-0.1, -0.05) is 0 Å². The van der Waals surface area contributed by atoms with Crippen LogP contribution in [0.1, 0.15) is 0 Å². The van der Waals surface area contributed by atoms with Crippen LogP contribution in [0.25, 0.3) is 11.4 Å². The van der Waals surface area contributed by atoms with Crippen LogP contribution in [0.5, 0.6) is 0 Å². The van der Waals surface area contributed by atoms with E-state index >= 15 is 0 Å². The molecular formula is C8H4ClF2N3. The van der Waals surface area contributed by atoms with E-state index in [-0.39, 0.29) is 16.7 Å². The molecule has 0 spiro atoms. The summed E-state index contributed by atoms with van der Waals surface area (Å²) in [4.78, 5) is 3.73. The maximum absolute atomic E-state index is 12.8. The van der Waals surface area contributed by atoms with Gasteiger partial charge in [0.15, 0.2) is 5.82 Å². The first-order valence-electron chi connectivity index (χ1n) is 3.69. The molecule has 2 rings (SSSR count). The molecule has 0 radical (unpaired) electrons. The fourth-order valence-electron chi connectivity index (χ4n) is 1.05. The van der Waals surface area contributed by atoms with Gasteiger partial charge in [-0.3, -0.25) is 0 Å². The van der Waals surface area contributed by atoms with Gasteiger partial charge in [0.2, 0.25) is 5.28 Å². The second-order valence-electron chi connectivity index (χ2n) is 2.61. The minimum absolute atomic E-state index is 0.0738. The second kappa shape index (κ2) is 3.34. The zero-order chi connectivity index (χ0) is 10.1. The summed E-state index contributed by atoms with van der Waals surface area (Å²) in [6, 6.07) is 3.03. The predicted molar refractivity (Wildman–Crippen MR) is 46.7 cm³/mol. The van der Waals surface area contributed by atoms with Crippen molar-refractivity contribution in [1.29, 1.82) is 0 Å². The van der Waals surface area contributed by atoms with Crippen molar-refractivity contribution >= 4 is 11.6 Å². The van der Waals surface area contributed by atoms with Crippen LogP contribution in [0.2, 0.25) is 5.28 Å². The van der Waals surface area contributed by atoms with Crippen molar-refractivity contribution in [2.45, 2.75) is 0 Å². The van der Waals surface area contributed by atoms with Gasteiger partial charge in [-0.2, -0.15) is 10.1 Å². The standard InChI is InChI=1S/C8H4ClF2N3/c9-8-12-7(13-14-8)4-1-5(10)3-6(11)2-4/h1-3H,(H,12,13,14). The molecule has 2 aromatic rings. The number of nitrogens with zero attached hydrogens (tertiary/aromatic N) is 2. The SMILES string of the molecule is Fc1cc(F)cc(-c2n[nH]c(Cl)n2)c1. The second-order valence-corrected chi connectivity index (χ2v) is 2.97. The molecule has 0 fully saturated rings. The van der Waals surface area contributed by atoms with E-state index in [2.05, 4.69) is 15.2 Å². The van der Waals surface area contributed by atoms with E-state index in [9.17, 15) is 8.78 Å². The van der Waals surface area contributed by atoms with E-state index in [0.29, 0.717) is 0 Å². The fraction of sp³-hybridized carbons (Fsp3) is 0. The van der Waals surface area contributed by atoms with Crippen LogP contribution in [-0.4, -0.2) is 15.2 Å². The molecule has 14 heavy (non-hydrogen) atoms. The summed E-state index contributed by atoms with van der Waals surface area (Å²) in [5.74, 6) is -1.20. The van der Waals surface area contributed by atoms with E-state index in [1.165, 1.54) is 0 Å². The van der Waals surface area contributed by atoms with Crippen LogP contribution in [0.15, 0.2) is 18.2 Å². The summed E-state index contributed by atoms with van der Waals surface area (Å²) in [7, 11) is 0. The highest BCUT2D eigenvalue weighted by Crippen LogP contribution is 2.18. The minimum Gasteiger partial charge on any atom is -0.249 e. The molecule has 0 bridgehead atoms. The number of hydrogen-bond acceptors (Lipinski definition) is 2. The highest BCUT2D eigenvalue weighted by molar-refractivity contribution is 6.28. The molecular weight excluding hydrogens is 212 g/mol. The summed E-state index contributed by atoms with van der Waals surface area (Å²) in [6.45, 7) is 0. The highest BCUT2D eigenvalue weighted by Gasteiger charge is 2.07. The third-order valence-corrected chi connectivity index (χ3v) is 1.75. The summed E-state index contributed by atoms with van der Waals surface area (Å²) in [6.07, 6.45) is 0. The summed E-state index contributed by atoms with van der Waals surface area (Å²) in [5.41, 5.74) is 0.241. The average Bonchev–Trinajstić information content (AvgIpc) is 2.50. The molecule has 0 saturated heterocycles. The van der Waals surface area contributed by atoms with Crippen LogP contribution in [0, 0.1) is 11.6 Å². The molecule has 0 aliphatic carbocycles. The Morgan fingerprint density at radius 2 is 1.79 bits per heavy atom. The van der Waals surface area contributed by atoms with Gasteiger partial charge < -0.3 is 0 Å². The molecule has 3 nitrogen and oxygen atoms in total. The van der Waals surface area contributed by atoms with Crippen LogP contribution in [0.4, 0.5) is 8.78 Å². The summed E-state index contributed by atoms with van der Waals surface area (Å²) < 4.78 is 25.6. The summed E-state index contributed by atoms with van der Waals surface area (Å²) in [5, 5.41) is 6.11. The van der Waals surface area contributed by atoms with Crippen LogP contribution in [0.3, 0.4) is 0 Å². The zero-order valence-electron chi connectivity index (χ0n) is 6.76. The number of H-pyrrole nitrogens is 1. The van der Waals surface area contributed by atoms with Crippen LogP contribution in [-0.2, 0) is 0 Å². The maximum Gasteiger partial charge on any atom is 0.218 e. The van der Waals surface area contributed by atoms with Gasteiger partial charge in [0, 0.05) is 11.6 Å². The Labute approximate surface area is 82.7 Å². The lowest BCUT2D eigenvalue weighted by atomic mass is 10.2. The topological polar surface area (TPSA) is 41.6 Å². The van der Waals surface area contributed by atoms with Gasteiger partial charge in [0.25, 0.3) is 0 Å². The molecule has 0 aliphatic heterocycles. The lowest BCUT2D eigenvalue weighted by molar-refractivity contribution is 0.584. The molecule has 0 saturated carbocycles. The van der Waals surface area contributed by atoms with Gasteiger partial charge in [0.1, 0.15) is 11.6 Å². The Bertz CT molecular complexity index is 449. The van der Waals surface area contributed by atoms with Crippen LogP contribution >= 0.6 is 11.6 Å². The van der Waals surface area contributed by atoms with E-state index in [1.807, 2.05) is 0 Å². The normalized spacial score (nSPS) is 10.5. The van der Waals surface area contributed by atoms with Crippen molar-refractivity contribution in [3.63, 3.8) is 0 Å². The molecule has 0 aliphatic rings. The Kier molecular flexibility index (Phi) is 2.17. The third kappa shape index (κ3) is 1.72. The molecule has 6 heteroatoms. The van der Waals surface area contributed by atoms with Gasteiger partial charge >= 0.3 is 0 Å². The largest absolute Gasteiger partial charge is 0.249 e. The number of rotatable bonds is 1. The van der Waals surface area contributed by atoms with Crippen molar-refractivity contribution < 1.29 is 8.78 Å². The predicted octanol–water partition coefficient (Wildman–Crippen LogP) is 2.40. The van der Waals surface area contributed by atoms with Crippen LogP contribution < -0.4 is 0 Å². The number of aromatic nitrogens is 3. The van der Waals surface area contributed by atoms with Crippen molar-refractivity contribution in [3.8, 4) is 11.4 Å². The lowest BCUT2D eigenvalue weighted by Crippen LogP contribution is -1.85. The van der Waals surface area contributed by atoms with E-state index < -0.39 is 11.6 Å². The number of aromatic amines is 1. The van der Waals surface area contributed by atoms with Crippen molar-refractivity contribution in [3.05, 3.63) is 35.1 Å². The van der Waals surface area contributed by atoms with Gasteiger partial charge in [0.05, 0.1) is 0 Å². The molecule has 1 heterocycles. The van der Waals surface area contributed by atoms with Crippen molar-refractivity contribution in [2.24, 2.45) is 0 Å². The van der Waals surface area contributed by atoms with Gasteiger partial charge in [-0.15, -0.1) is 0 Å². The number of benzene rings is 1. The van der Waals surface area contributed by atoms with Gasteiger partial charge in [-0.25, -0.2) is 13.9 Å². The molecule has 0 amide bonds. The Morgan fingerprint density at radius 1 is 1.14 bits per heavy atom. The molecule has 1 aromatic heterocycles. The number of hydrogen-bond donors (Lipinski definition) is 1. The van der Waals surface area contributed by atoms with Gasteiger partial charge in [-0.05, 0) is 23.7 Å². The lowest BCUT2D eigenvalue weighted by Gasteiger charge is -1.95. The smallest absolute Gasteiger partial charge is 0.218 e. The van der Waals surface area contributed by atoms with Crippen molar-refractivity contribution in [2.75, 3.05) is 0 Å².